The number of hydrogen-bond donors (Lipinski definition) is 2. The molecule has 2 rings (SSSR count). The van der Waals surface area contributed by atoms with E-state index in [0.29, 0.717) is 25.6 Å². The normalized spacial score (nSPS) is 11.6. The Bertz CT molecular complexity index is 751. The monoisotopic (exact) mass is 382 g/mol. The van der Waals surface area contributed by atoms with Crippen LogP contribution in [0.3, 0.4) is 0 Å². The van der Waals surface area contributed by atoms with Gasteiger partial charge in [-0.15, -0.1) is 10.2 Å². The summed E-state index contributed by atoms with van der Waals surface area (Å²) in [6.07, 6.45) is 2.51. The van der Waals surface area contributed by atoms with E-state index in [-0.39, 0.29) is 11.5 Å². The van der Waals surface area contributed by atoms with E-state index in [1.807, 2.05) is 11.5 Å². The van der Waals surface area contributed by atoms with Gasteiger partial charge in [0, 0.05) is 33.1 Å². The zero-order valence-corrected chi connectivity index (χ0v) is 15.6. The standard InChI is InChI=1S/C17H24F2N6O2/c1-4-15-24-23-11-25(15)8-7-21-17(20-2)22-10-12-5-6-13(26-3)14(9-12)27-16(18)19/h5-6,9,11,16H,4,7-8,10H2,1-3H3,(H2,20,21,22). The van der Waals surface area contributed by atoms with Crippen molar-refractivity contribution in [2.75, 3.05) is 20.7 Å². The summed E-state index contributed by atoms with van der Waals surface area (Å²) in [4.78, 5) is 4.15. The van der Waals surface area contributed by atoms with Gasteiger partial charge in [0.05, 0.1) is 7.11 Å². The Morgan fingerprint density at radius 1 is 1.30 bits per heavy atom. The van der Waals surface area contributed by atoms with Gasteiger partial charge in [0.1, 0.15) is 12.2 Å². The number of methoxy groups -OCH3 is 1. The molecule has 0 radical (unpaired) electrons. The summed E-state index contributed by atoms with van der Waals surface area (Å²) < 4.78 is 36.5. The maximum Gasteiger partial charge on any atom is 0.387 e. The SMILES string of the molecule is CCc1nncn1CCNC(=NC)NCc1ccc(OC)c(OC(F)F)c1. The lowest BCUT2D eigenvalue weighted by atomic mass is 10.2. The first-order valence-corrected chi connectivity index (χ1v) is 8.50. The van der Waals surface area contributed by atoms with E-state index in [9.17, 15) is 8.78 Å². The number of aryl methyl sites for hydroxylation is 1. The molecular formula is C17H24F2N6O2. The number of nitrogens with zero attached hydrogens (tertiary/aromatic N) is 4. The van der Waals surface area contributed by atoms with Crippen LogP contribution in [0.15, 0.2) is 29.5 Å². The van der Waals surface area contributed by atoms with Gasteiger partial charge >= 0.3 is 6.61 Å². The van der Waals surface area contributed by atoms with Crippen LogP contribution in [0.1, 0.15) is 18.3 Å². The number of rotatable bonds is 9. The summed E-state index contributed by atoms with van der Waals surface area (Å²) in [6.45, 7) is 0.826. The number of hydrogen-bond acceptors (Lipinski definition) is 5. The molecule has 0 atom stereocenters. The molecule has 27 heavy (non-hydrogen) atoms. The number of halogens is 2. The highest BCUT2D eigenvalue weighted by molar-refractivity contribution is 5.79. The molecular weight excluding hydrogens is 358 g/mol. The van der Waals surface area contributed by atoms with Gasteiger partial charge in [-0.2, -0.15) is 8.78 Å². The van der Waals surface area contributed by atoms with Crippen LogP contribution in [-0.2, 0) is 19.5 Å². The molecule has 148 valence electrons. The third-order valence-corrected chi connectivity index (χ3v) is 3.78. The van der Waals surface area contributed by atoms with Gasteiger partial charge in [-0.05, 0) is 17.7 Å². The van der Waals surface area contributed by atoms with Gasteiger partial charge in [-0.3, -0.25) is 4.99 Å². The molecule has 0 aliphatic carbocycles. The summed E-state index contributed by atoms with van der Waals surface area (Å²) in [5.74, 6) is 1.76. The Labute approximate surface area is 156 Å². The van der Waals surface area contributed by atoms with Gasteiger partial charge in [0.25, 0.3) is 0 Å². The highest BCUT2D eigenvalue weighted by atomic mass is 19.3. The number of aromatic nitrogens is 3. The summed E-state index contributed by atoms with van der Waals surface area (Å²) in [7, 11) is 3.06. The van der Waals surface area contributed by atoms with Crippen LogP contribution in [0.2, 0.25) is 0 Å². The molecule has 0 saturated carbocycles. The molecule has 0 aliphatic rings. The molecule has 8 nitrogen and oxygen atoms in total. The molecule has 0 spiro atoms. The molecule has 0 fully saturated rings. The van der Waals surface area contributed by atoms with Crippen LogP contribution in [-0.4, -0.2) is 48.0 Å². The fourth-order valence-corrected chi connectivity index (χ4v) is 2.46. The zero-order valence-electron chi connectivity index (χ0n) is 15.6. The Kier molecular flexibility index (Phi) is 7.78. The number of benzene rings is 1. The smallest absolute Gasteiger partial charge is 0.387 e. The Morgan fingerprint density at radius 2 is 2.11 bits per heavy atom. The minimum absolute atomic E-state index is 0.00514. The van der Waals surface area contributed by atoms with E-state index < -0.39 is 6.61 Å². The lowest BCUT2D eigenvalue weighted by Crippen LogP contribution is -2.38. The van der Waals surface area contributed by atoms with Crippen LogP contribution in [0.25, 0.3) is 0 Å². The van der Waals surface area contributed by atoms with Crippen molar-refractivity contribution >= 4 is 5.96 Å². The van der Waals surface area contributed by atoms with Crippen molar-refractivity contribution in [3.8, 4) is 11.5 Å². The molecule has 0 bridgehead atoms. The predicted octanol–water partition coefficient (Wildman–Crippen LogP) is 1.82. The molecule has 2 aromatic rings. The van der Waals surface area contributed by atoms with Gasteiger partial charge < -0.3 is 24.7 Å². The van der Waals surface area contributed by atoms with Crippen LogP contribution in [0, 0.1) is 0 Å². The maximum atomic E-state index is 12.5. The molecule has 1 heterocycles. The van der Waals surface area contributed by atoms with Crippen molar-refractivity contribution in [2.45, 2.75) is 33.0 Å². The van der Waals surface area contributed by atoms with Crippen molar-refractivity contribution in [3.05, 3.63) is 35.9 Å². The first kappa shape index (κ1) is 20.4. The first-order valence-electron chi connectivity index (χ1n) is 8.50. The summed E-state index contributed by atoms with van der Waals surface area (Å²) in [5, 5.41) is 14.2. The average Bonchev–Trinajstić information content (AvgIpc) is 3.11. The predicted molar refractivity (Wildman–Crippen MR) is 97.2 cm³/mol. The van der Waals surface area contributed by atoms with E-state index in [1.165, 1.54) is 13.2 Å². The fourth-order valence-electron chi connectivity index (χ4n) is 2.46. The van der Waals surface area contributed by atoms with Crippen LogP contribution in [0.4, 0.5) is 8.78 Å². The Morgan fingerprint density at radius 3 is 2.78 bits per heavy atom. The number of guanidine groups is 1. The number of aliphatic imine (C=N–C) groups is 1. The lowest BCUT2D eigenvalue weighted by Gasteiger charge is -2.14. The van der Waals surface area contributed by atoms with Crippen LogP contribution in [0.5, 0.6) is 11.5 Å². The van der Waals surface area contributed by atoms with Gasteiger partial charge in [-0.1, -0.05) is 13.0 Å². The molecule has 1 aromatic carbocycles. The van der Waals surface area contributed by atoms with Gasteiger partial charge in [0.2, 0.25) is 0 Å². The quantitative estimate of drug-likeness (QED) is 0.508. The minimum Gasteiger partial charge on any atom is -0.493 e. The Hall–Kier alpha value is -2.91. The maximum absolute atomic E-state index is 12.5. The van der Waals surface area contributed by atoms with E-state index >= 15 is 0 Å². The van der Waals surface area contributed by atoms with Crippen molar-refractivity contribution in [2.24, 2.45) is 4.99 Å². The van der Waals surface area contributed by atoms with Gasteiger partial charge in [-0.25, -0.2) is 0 Å². The number of ether oxygens (including phenoxy) is 2. The summed E-state index contributed by atoms with van der Waals surface area (Å²) in [6, 6.07) is 4.86. The zero-order chi connectivity index (χ0) is 19.6. The summed E-state index contributed by atoms with van der Waals surface area (Å²) in [5.41, 5.74) is 0.751. The van der Waals surface area contributed by atoms with Crippen LogP contribution >= 0.6 is 0 Å². The van der Waals surface area contributed by atoms with E-state index in [2.05, 4.69) is 30.6 Å². The molecule has 10 heteroatoms. The number of alkyl halides is 2. The molecule has 0 unspecified atom stereocenters. The minimum atomic E-state index is -2.91. The van der Waals surface area contributed by atoms with Crippen LogP contribution < -0.4 is 20.1 Å². The van der Waals surface area contributed by atoms with E-state index in [1.54, 1.807) is 25.5 Å². The third kappa shape index (κ3) is 6.08. The largest absolute Gasteiger partial charge is 0.493 e. The second-order valence-electron chi connectivity index (χ2n) is 5.51. The van der Waals surface area contributed by atoms with Crippen molar-refractivity contribution < 1.29 is 18.3 Å². The second kappa shape index (κ2) is 10.3. The van der Waals surface area contributed by atoms with Crippen molar-refractivity contribution in [1.29, 1.82) is 0 Å². The summed E-state index contributed by atoms with van der Waals surface area (Å²) >= 11 is 0. The first-order chi connectivity index (χ1) is 13.1. The second-order valence-corrected chi connectivity index (χ2v) is 5.51. The number of nitrogens with one attached hydrogen (secondary N) is 2. The third-order valence-electron chi connectivity index (χ3n) is 3.78. The average molecular weight is 382 g/mol. The molecule has 0 aliphatic heterocycles. The van der Waals surface area contributed by atoms with E-state index in [0.717, 1.165) is 17.8 Å². The van der Waals surface area contributed by atoms with Crippen molar-refractivity contribution in [3.63, 3.8) is 0 Å². The molecule has 1 aromatic heterocycles. The molecule has 0 amide bonds. The van der Waals surface area contributed by atoms with E-state index in [4.69, 9.17) is 4.74 Å². The highest BCUT2D eigenvalue weighted by Crippen LogP contribution is 2.29. The molecule has 0 saturated heterocycles. The molecule has 2 N–H and O–H groups in total. The van der Waals surface area contributed by atoms with Crippen molar-refractivity contribution in [1.82, 2.24) is 25.4 Å². The van der Waals surface area contributed by atoms with Gasteiger partial charge in [0.15, 0.2) is 17.5 Å². The lowest BCUT2D eigenvalue weighted by molar-refractivity contribution is -0.0512. The highest BCUT2D eigenvalue weighted by Gasteiger charge is 2.11. The fraction of sp³-hybridized carbons (Fsp3) is 0.471. The topological polar surface area (TPSA) is 85.6 Å². The Balaban J connectivity index is 1.88.